The van der Waals surface area contributed by atoms with Gasteiger partial charge in [0.05, 0.1) is 14.2 Å². The van der Waals surface area contributed by atoms with Gasteiger partial charge in [0.1, 0.15) is 11.5 Å². The van der Waals surface area contributed by atoms with Crippen LogP contribution in [-0.2, 0) is 11.2 Å². The number of aryl methyl sites for hydroxylation is 1. The van der Waals surface area contributed by atoms with E-state index in [-0.39, 0.29) is 5.91 Å². The van der Waals surface area contributed by atoms with E-state index in [2.05, 4.69) is 12.2 Å². The molecule has 0 saturated heterocycles. The second-order valence-corrected chi connectivity index (χ2v) is 6.20. The van der Waals surface area contributed by atoms with Gasteiger partial charge < -0.3 is 14.8 Å². The molecule has 0 unspecified atom stereocenters. The zero-order valence-electron chi connectivity index (χ0n) is 13.9. The van der Waals surface area contributed by atoms with Crippen LogP contribution in [-0.4, -0.2) is 26.2 Å². The summed E-state index contributed by atoms with van der Waals surface area (Å²) in [6, 6.07) is 6.05. The highest BCUT2D eigenvalue weighted by Crippen LogP contribution is 2.26. The number of carbonyl (C=O) groups is 1. The molecule has 1 N–H and O–H groups in total. The number of nitrogens with one attached hydrogen (secondary N) is 1. The van der Waals surface area contributed by atoms with E-state index in [1.165, 1.54) is 12.8 Å². The van der Waals surface area contributed by atoms with Gasteiger partial charge in [-0.05, 0) is 61.8 Å². The molecule has 4 nitrogen and oxygen atoms in total. The fraction of sp³-hybridized carbons (Fsp3) is 0.611. The molecule has 1 aliphatic carbocycles. The van der Waals surface area contributed by atoms with Gasteiger partial charge >= 0.3 is 0 Å². The summed E-state index contributed by atoms with van der Waals surface area (Å²) in [7, 11) is 3.29. The van der Waals surface area contributed by atoms with Crippen molar-refractivity contribution in [2.75, 3.05) is 14.2 Å². The van der Waals surface area contributed by atoms with Crippen LogP contribution in [0.15, 0.2) is 18.2 Å². The first kappa shape index (κ1) is 16.7. The van der Waals surface area contributed by atoms with Crippen molar-refractivity contribution in [2.45, 2.75) is 51.5 Å². The van der Waals surface area contributed by atoms with Crippen molar-refractivity contribution in [3.8, 4) is 11.5 Å². The highest BCUT2D eigenvalue weighted by molar-refractivity contribution is 5.76. The maximum Gasteiger partial charge on any atom is 0.220 e. The first-order valence-electron chi connectivity index (χ1n) is 8.12. The molecule has 1 fully saturated rings. The molecule has 22 heavy (non-hydrogen) atoms. The fourth-order valence-electron chi connectivity index (χ4n) is 3.03. The molecule has 0 aliphatic heterocycles. The van der Waals surface area contributed by atoms with E-state index in [0.29, 0.717) is 18.9 Å². The summed E-state index contributed by atoms with van der Waals surface area (Å²) in [5.41, 5.74) is 1.01. The lowest BCUT2D eigenvalue weighted by molar-refractivity contribution is -0.122. The van der Waals surface area contributed by atoms with E-state index >= 15 is 0 Å². The largest absolute Gasteiger partial charge is 0.497 e. The first-order chi connectivity index (χ1) is 10.6. The summed E-state index contributed by atoms with van der Waals surface area (Å²) in [6.45, 7) is 2.28. The van der Waals surface area contributed by atoms with Gasteiger partial charge in [0.25, 0.3) is 0 Å². The van der Waals surface area contributed by atoms with E-state index in [1.54, 1.807) is 14.2 Å². The van der Waals surface area contributed by atoms with Gasteiger partial charge in [-0.2, -0.15) is 0 Å². The van der Waals surface area contributed by atoms with Crippen molar-refractivity contribution in [3.05, 3.63) is 23.8 Å². The molecule has 0 atom stereocenters. The molecular formula is C18H27NO3. The number of hydrogen-bond acceptors (Lipinski definition) is 3. The van der Waals surface area contributed by atoms with Gasteiger partial charge in [0.15, 0.2) is 0 Å². The topological polar surface area (TPSA) is 47.6 Å². The number of amides is 1. The average molecular weight is 305 g/mol. The summed E-state index contributed by atoms with van der Waals surface area (Å²) < 4.78 is 10.6. The van der Waals surface area contributed by atoms with Gasteiger partial charge in [0.2, 0.25) is 5.91 Å². The van der Waals surface area contributed by atoms with Gasteiger partial charge in [-0.15, -0.1) is 0 Å². The fourth-order valence-corrected chi connectivity index (χ4v) is 3.03. The molecule has 0 aromatic heterocycles. The first-order valence-corrected chi connectivity index (χ1v) is 8.12. The van der Waals surface area contributed by atoms with Crippen molar-refractivity contribution < 1.29 is 14.3 Å². The maximum absolute atomic E-state index is 12.1. The van der Waals surface area contributed by atoms with Crippen LogP contribution >= 0.6 is 0 Å². The molecule has 1 aromatic carbocycles. The molecule has 1 aliphatic rings. The molecule has 0 radical (unpaired) electrons. The number of carbonyl (C=O) groups excluding carboxylic acids is 1. The van der Waals surface area contributed by atoms with Crippen molar-refractivity contribution in [1.29, 1.82) is 0 Å². The average Bonchev–Trinajstić information content (AvgIpc) is 2.54. The number of ether oxygens (including phenoxy) is 2. The number of rotatable bonds is 6. The Morgan fingerprint density at radius 3 is 2.55 bits per heavy atom. The van der Waals surface area contributed by atoms with Crippen molar-refractivity contribution in [3.63, 3.8) is 0 Å². The quantitative estimate of drug-likeness (QED) is 0.877. The third-order valence-electron chi connectivity index (χ3n) is 4.49. The Morgan fingerprint density at radius 2 is 1.91 bits per heavy atom. The van der Waals surface area contributed by atoms with Crippen LogP contribution in [0.5, 0.6) is 11.5 Å². The maximum atomic E-state index is 12.1. The Morgan fingerprint density at radius 1 is 1.18 bits per heavy atom. The standard InChI is InChI=1S/C18H27NO3/c1-13-4-7-15(8-5-13)19-18(20)11-6-14-12-16(21-2)9-10-17(14)22-3/h9-10,12-13,15H,4-8,11H2,1-3H3,(H,19,20). The minimum Gasteiger partial charge on any atom is -0.497 e. The molecular weight excluding hydrogens is 278 g/mol. The lowest BCUT2D eigenvalue weighted by Gasteiger charge is -2.26. The molecule has 4 heteroatoms. The summed E-state index contributed by atoms with van der Waals surface area (Å²) in [6.07, 6.45) is 5.79. The number of methoxy groups -OCH3 is 2. The predicted octanol–water partition coefficient (Wildman–Crippen LogP) is 3.33. The van der Waals surface area contributed by atoms with Crippen LogP contribution < -0.4 is 14.8 Å². The Balaban J connectivity index is 1.85. The van der Waals surface area contributed by atoms with E-state index in [9.17, 15) is 4.79 Å². The lowest BCUT2D eigenvalue weighted by atomic mass is 9.87. The lowest BCUT2D eigenvalue weighted by Crippen LogP contribution is -2.37. The third-order valence-corrected chi connectivity index (χ3v) is 4.49. The second kappa shape index (κ2) is 8.06. The van der Waals surface area contributed by atoms with Crippen LogP contribution in [0.4, 0.5) is 0 Å². The molecule has 1 amide bonds. The Bertz CT molecular complexity index is 493. The Hall–Kier alpha value is -1.71. The van der Waals surface area contributed by atoms with E-state index in [4.69, 9.17) is 9.47 Å². The van der Waals surface area contributed by atoms with Crippen LogP contribution in [0, 0.1) is 5.92 Å². The van der Waals surface area contributed by atoms with Crippen LogP contribution in [0.1, 0.15) is 44.6 Å². The Kier molecular flexibility index (Phi) is 6.10. The monoisotopic (exact) mass is 305 g/mol. The van der Waals surface area contributed by atoms with Crippen LogP contribution in [0.25, 0.3) is 0 Å². The molecule has 1 aromatic rings. The van der Waals surface area contributed by atoms with Gasteiger partial charge in [0, 0.05) is 12.5 Å². The Labute approximate surface area is 133 Å². The smallest absolute Gasteiger partial charge is 0.220 e. The van der Waals surface area contributed by atoms with Crippen molar-refractivity contribution >= 4 is 5.91 Å². The summed E-state index contributed by atoms with van der Waals surface area (Å²) in [4.78, 5) is 12.1. The zero-order valence-corrected chi connectivity index (χ0v) is 13.9. The molecule has 0 heterocycles. The highest BCUT2D eigenvalue weighted by Gasteiger charge is 2.19. The molecule has 1 saturated carbocycles. The number of benzene rings is 1. The normalized spacial score (nSPS) is 21.2. The van der Waals surface area contributed by atoms with Crippen molar-refractivity contribution in [2.24, 2.45) is 5.92 Å². The summed E-state index contributed by atoms with van der Waals surface area (Å²) in [5.74, 6) is 2.52. The molecule has 0 bridgehead atoms. The van der Waals surface area contributed by atoms with E-state index in [1.807, 2.05) is 18.2 Å². The highest BCUT2D eigenvalue weighted by atomic mass is 16.5. The van der Waals surface area contributed by atoms with Gasteiger partial charge in [-0.1, -0.05) is 6.92 Å². The number of hydrogen-bond donors (Lipinski definition) is 1. The van der Waals surface area contributed by atoms with Crippen LogP contribution in [0.2, 0.25) is 0 Å². The SMILES string of the molecule is COc1ccc(OC)c(CCC(=O)NC2CCC(C)CC2)c1. The van der Waals surface area contributed by atoms with Crippen molar-refractivity contribution in [1.82, 2.24) is 5.32 Å². The predicted molar refractivity (Wildman–Crippen MR) is 87.4 cm³/mol. The van der Waals surface area contributed by atoms with Crippen LogP contribution in [0.3, 0.4) is 0 Å². The second-order valence-electron chi connectivity index (χ2n) is 6.20. The summed E-state index contributed by atoms with van der Waals surface area (Å²) in [5, 5.41) is 3.16. The van der Waals surface area contributed by atoms with E-state index < -0.39 is 0 Å². The summed E-state index contributed by atoms with van der Waals surface area (Å²) >= 11 is 0. The zero-order chi connectivity index (χ0) is 15.9. The molecule has 122 valence electrons. The minimum absolute atomic E-state index is 0.129. The third kappa shape index (κ3) is 4.65. The van der Waals surface area contributed by atoms with E-state index in [0.717, 1.165) is 35.8 Å². The minimum atomic E-state index is 0.129. The molecule has 0 spiro atoms. The van der Waals surface area contributed by atoms with Gasteiger partial charge in [-0.3, -0.25) is 4.79 Å². The molecule has 2 rings (SSSR count). The van der Waals surface area contributed by atoms with Gasteiger partial charge in [-0.25, -0.2) is 0 Å².